The molecule has 0 aliphatic carbocycles. The molecule has 0 unspecified atom stereocenters. The molecule has 102 valence electrons. The Labute approximate surface area is 116 Å². The van der Waals surface area contributed by atoms with Crippen LogP contribution >= 0.6 is 0 Å². The van der Waals surface area contributed by atoms with Crippen molar-refractivity contribution in [3.8, 4) is 0 Å². The number of hydrogen-bond acceptors (Lipinski definition) is 3. The van der Waals surface area contributed by atoms with E-state index in [1.165, 1.54) is 10.2 Å². The quantitative estimate of drug-likeness (QED) is 0.721. The van der Waals surface area contributed by atoms with Crippen molar-refractivity contribution >= 4 is 5.65 Å². The first-order valence-electron chi connectivity index (χ1n) is 6.51. The lowest BCUT2D eigenvalue weighted by Crippen LogP contribution is -2.30. The Morgan fingerprint density at radius 2 is 1.85 bits per heavy atom. The summed E-state index contributed by atoms with van der Waals surface area (Å²) in [5.41, 5.74) is 1.78. The Morgan fingerprint density at radius 3 is 2.60 bits per heavy atom. The highest BCUT2D eigenvalue weighted by atomic mass is 16.2. The number of nitrogens with zero attached hydrogens (tertiary/aromatic N) is 4. The second-order valence-corrected chi connectivity index (χ2v) is 4.85. The summed E-state index contributed by atoms with van der Waals surface area (Å²) in [6.45, 7) is 1.25. The van der Waals surface area contributed by atoms with Crippen molar-refractivity contribution in [1.29, 1.82) is 0 Å². The molecule has 0 N–H and O–H groups in total. The van der Waals surface area contributed by atoms with E-state index >= 15 is 0 Å². The molecule has 20 heavy (non-hydrogen) atoms. The third-order valence-electron chi connectivity index (χ3n) is 3.16. The molecule has 0 aliphatic rings. The molecule has 2 aromatic heterocycles. The number of rotatable bonds is 4. The molecule has 3 rings (SSSR count). The summed E-state index contributed by atoms with van der Waals surface area (Å²) < 4.78 is 3.04. The lowest BCUT2D eigenvalue weighted by Gasteiger charge is -2.15. The van der Waals surface area contributed by atoms with Crippen LogP contribution < -0.4 is 5.69 Å². The highest BCUT2D eigenvalue weighted by Gasteiger charge is 2.08. The zero-order chi connectivity index (χ0) is 13.9. The summed E-state index contributed by atoms with van der Waals surface area (Å²) in [6.07, 6.45) is 1.73. The predicted octanol–water partition coefficient (Wildman–Crippen LogP) is 1.59. The van der Waals surface area contributed by atoms with Gasteiger partial charge in [-0.25, -0.2) is 4.79 Å². The van der Waals surface area contributed by atoms with Gasteiger partial charge < -0.3 is 0 Å². The van der Waals surface area contributed by atoms with Crippen LogP contribution in [0.3, 0.4) is 0 Å². The zero-order valence-corrected chi connectivity index (χ0v) is 11.3. The van der Waals surface area contributed by atoms with Gasteiger partial charge in [0.1, 0.15) is 0 Å². The topological polar surface area (TPSA) is 42.5 Å². The van der Waals surface area contributed by atoms with Crippen LogP contribution in [0, 0.1) is 0 Å². The van der Waals surface area contributed by atoms with Gasteiger partial charge in [0, 0.05) is 12.7 Å². The number of hydrogen-bond donors (Lipinski definition) is 0. The minimum Gasteiger partial charge on any atom is -0.283 e. The molecule has 2 heterocycles. The number of benzene rings is 1. The second-order valence-electron chi connectivity index (χ2n) is 4.85. The first-order valence-corrected chi connectivity index (χ1v) is 6.51. The molecule has 5 nitrogen and oxygen atoms in total. The summed E-state index contributed by atoms with van der Waals surface area (Å²) in [5.74, 6) is 0. The molecule has 0 fully saturated rings. The minimum atomic E-state index is -0.111. The molecule has 0 radical (unpaired) electrons. The fourth-order valence-electron chi connectivity index (χ4n) is 2.23. The van der Waals surface area contributed by atoms with E-state index in [-0.39, 0.29) is 5.69 Å². The molecule has 0 atom stereocenters. The Balaban J connectivity index is 1.79. The fourth-order valence-corrected chi connectivity index (χ4v) is 2.23. The average Bonchev–Trinajstić information content (AvgIpc) is 2.77. The molecule has 0 spiro atoms. The number of pyridine rings is 1. The van der Waals surface area contributed by atoms with E-state index in [2.05, 4.69) is 22.1 Å². The van der Waals surface area contributed by atoms with Crippen LogP contribution in [-0.2, 0) is 13.2 Å². The predicted molar refractivity (Wildman–Crippen MR) is 77.4 cm³/mol. The van der Waals surface area contributed by atoms with E-state index in [1.807, 2.05) is 43.4 Å². The van der Waals surface area contributed by atoms with Gasteiger partial charge >= 0.3 is 5.69 Å². The van der Waals surface area contributed by atoms with E-state index in [0.29, 0.717) is 12.3 Å². The molecule has 0 aliphatic heterocycles. The summed E-state index contributed by atoms with van der Waals surface area (Å²) in [7, 11) is 1.98. The van der Waals surface area contributed by atoms with Gasteiger partial charge in [-0.15, -0.1) is 5.10 Å². The van der Waals surface area contributed by atoms with Gasteiger partial charge in [-0.3, -0.25) is 9.30 Å². The van der Waals surface area contributed by atoms with E-state index in [4.69, 9.17) is 0 Å². The fraction of sp³-hybridized carbons (Fsp3) is 0.200. The second kappa shape index (κ2) is 5.30. The van der Waals surface area contributed by atoms with Crippen LogP contribution in [0.25, 0.3) is 5.65 Å². The molecule has 0 saturated heterocycles. The Kier molecular flexibility index (Phi) is 3.35. The van der Waals surface area contributed by atoms with E-state index < -0.39 is 0 Å². The van der Waals surface area contributed by atoms with Crippen LogP contribution in [0.15, 0.2) is 59.5 Å². The Bertz CT molecular complexity index is 760. The van der Waals surface area contributed by atoms with Crippen molar-refractivity contribution in [2.75, 3.05) is 7.05 Å². The standard InChI is InChI=1S/C15H16N4O/c1-17(11-13-7-3-2-4-8-13)12-19-15(20)18-10-6-5-9-14(18)16-19/h2-10H,11-12H2,1H3. The van der Waals surface area contributed by atoms with Crippen LogP contribution in [0.1, 0.15) is 5.56 Å². The summed E-state index contributed by atoms with van der Waals surface area (Å²) >= 11 is 0. The van der Waals surface area contributed by atoms with Gasteiger partial charge in [0.2, 0.25) is 0 Å². The van der Waals surface area contributed by atoms with Crippen molar-refractivity contribution in [3.05, 3.63) is 70.8 Å². The van der Waals surface area contributed by atoms with E-state index in [9.17, 15) is 4.79 Å². The lowest BCUT2D eigenvalue weighted by molar-refractivity contribution is 0.242. The van der Waals surface area contributed by atoms with Gasteiger partial charge in [-0.1, -0.05) is 36.4 Å². The van der Waals surface area contributed by atoms with Crippen molar-refractivity contribution in [2.24, 2.45) is 0 Å². The first kappa shape index (κ1) is 12.6. The normalized spacial score (nSPS) is 11.3. The van der Waals surface area contributed by atoms with Gasteiger partial charge in [0.05, 0.1) is 6.67 Å². The van der Waals surface area contributed by atoms with Crippen LogP contribution in [-0.4, -0.2) is 26.1 Å². The number of aromatic nitrogens is 3. The van der Waals surface area contributed by atoms with Gasteiger partial charge in [0.15, 0.2) is 5.65 Å². The van der Waals surface area contributed by atoms with Gasteiger partial charge in [-0.05, 0) is 24.7 Å². The zero-order valence-electron chi connectivity index (χ0n) is 11.3. The SMILES string of the molecule is CN(Cc1ccccc1)Cn1nc2ccccn2c1=O. The van der Waals surface area contributed by atoms with Gasteiger partial charge in [-0.2, -0.15) is 4.68 Å². The minimum absolute atomic E-state index is 0.111. The third-order valence-corrected chi connectivity index (χ3v) is 3.16. The molecule has 5 heteroatoms. The summed E-state index contributed by atoms with van der Waals surface area (Å²) in [6, 6.07) is 15.7. The van der Waals surface area contributed by atoms with Crippen LogP contribution in [0.4, 0.5) is 0 Å². The van der Waals surface area contributed by atoms with E-state index in [1.54, 1.807) is 10.6 Å². The number of fused-ring (bicyclic) bond motifs is 1. The summed E-state index contributed by atoms with van der Waals surface area (Å²) in [5, 5.41) is 4.32. The first-order chi connectivity index (χ1) is 9.74. The van der Waals surface area contributed by atoms with Crippen molar-refractivity contribution in [1.82, 2.24) is 19.1 Å². The maximum Gasteiger partial charge on any atom is 0.351 e. The molecule has 1 aromatic carbocycles. The third kappa shape index (κ3) is 2.48. The Morgan fingerprint density at radius 1 is 1.10 bits per heavy atom. The molecule has 3 aromatic rings. The highest BCUT2D eigenvalue weighted by Crippen LogP contribution is 2.03. The average molecular weight is 268 g/mol. The van der Waals surface area contributed by atoms with Gasteiger partial charge in [0.25, 0.3) is 0 Å². The molecular weight excluding hydrogens is 252 g/mol. The molecule has 0 amide bonds. The maximum absolute atomic E-state index is 12.2. The highest BCUT2D eigenvalue weighted by molar-refractivity contribution is 5.35. The van der Waals surface area contributed by atoms with Crippen molar-refractivity contribution in [2.45, 2.75) is 13.2 Å². The summed E-state index contributed by atoms with van der Waals surface area (Å²) in [4.78, 5) is 14.2. The monoisotopic (exact) mass is 268 g/mol. The molecular formula is C15H16N4O. The Hall–Kier alpha value is -2.40. The smallest absolute Gasteiger partial charge is 0.283 e. The van der Waals surface area contributed by atoms with Crippen LogP contribution in [0.2, 0.25) is 0 Å². The molecule has 0 saturated carbocycles. The van der Waals surface area contributed by atoms with Crippen molar-refractivity contribution in [3.63, 3.8) is 0 Å². The maximum atomic E-state index is 12.2. The largest absolute Gasteiger partial charge is 0.351 e. The van der Waals surface area contributed by atoms with Crippen molar-refractivity contribution < 1.29 is 0 Å². The van der Waals surface area contributed by atoms with E-state index in [0.717, 1.165) is 6.54 Å². The molecule has 0 bridgehead atoms. The van der Waals surface area contributed by atoms with Crippen LogP contribution in [0.5, 0.6) is 0 Å². The lowest BCUT2D eigenvalue weighted by atomic mass is 10.2.